The average molecular weight is 370 g/mol. The number of hydrogen-bond acceptors (Lipinski definition) is 5. The zero-order valence-electron chi connectivity index (χ0n) is 14.4. The van der Waals surface area contributed by atoms with Crippen LogP contribution in [0.2, 0.25) is 0 Å². The molecule has 1 amide bonds. The van der Waals surface area contributed by atoms with E-state index in [0.717, 1.165) is 0 Å². The first-order valence-corrected chi connectivity index (χ1v) is 8.49. The van der Waals surface area contributed by atoms with Gasteiger partial charge in [0.2, 0.25) is 0 Å². The largest absolute Gasteiger partial charge is 0.481 e. The van der Waals surface area contributed by atoms with Crippen molar-refractivity contribution in [1.29, 1.82) is 0 Å². The van der Waals surface area contributed by atoms with Gasteiger partial charge in [0.15, 0.2) is 0 Å². The first-order valence-electron chi connectivity index (χ1n) is 8.49. The monoisotopic (exact) mass is 370 g/mol. The lowest BCUT2D eigenvalue weighted by atomic mass is 9.97. The Balaban J connectivity index is 1.93. The summed E-state index contributed by atoms with van der Waals surface area (Å²) in [5.74, 6) is -1.39. The zero-order chi connectivity index (χ0) is 19.4. The molecular weight excluding hydrogens is 352 g/mol. The first-order chi connectivity index (χ1) is 13.0. The molecule has 0 aliphatic carbocycles. The molecule has 1 fully saturated rings. The molecule has 3 rings (SSSR count). The number of piperidine rings is 1. The van der Waals surface area contributed by atoms with Gasteiger partial charge in [0.1, 0.15) is 11.5 Å². The highest BCUT2D eigenvalue weighted by molar-refractivity contribution is 5.98. The van der Waals surface area contributed by atoms with Crippen molar-refractivity contribution in [3.05, 3.63) is 64.2 Å². The summed E-state index contributed by atoms with van der Waals surface area (Å²) in [5, 5.41) is 20.3. The fourth-order valence-electron chi connectivity index (χ4n) is 3.04. The van der Waals surface area contributed by atoms with Crippen LogP contribution in [0.15, 0.2) is 48.5 Å². The van der Waals surface area contributed by atoms with E-state index in [0.29, 0.717) is 25.1 Å². The summed E-state index contributed by atoms with van der Waals surface area (Å²) in [6.45, 7) is 0.470. The third kappa shape index (κ3) is 4.22. The molecule has 2 aromatic carbocycles. The summed E-state index contributed by atoms with van der Waals surface area (Å²) in [6.07, 6.45) is 1.06. The third-order valence-corrected chi connectivity index (χ3v) is 4.43. The molecule has 1 atom stereocenters. The molecule has 1 aliphatic rings. The van der Waals surface area contributed by atoms with Crippen molar-refractivity contribution in [3.63, 3.8) is 0 Å². The molecule has 1 aliphatic heterocycles. The van der Waals surface area contributed by atoms with Crippen molar-refractivity contribution in [2.45, 2.75) is 12.8 Å². The number of non-ortho nitro benzene ring substituents is 1. The Labute approximate surface area is 155 Å². The maximum Gasteiger partial charge on any atom is 0.308 e. The molecule has 8 nitrogen and oxygen atoms in total. The van der Waals surface area contributed by atoms with E-state index >= 15 is 0 Å². The molecule has 140 valence electrons. The van der Waals surface area contributed by atoms with Crippen LogP contribution in [0, 0.1) is 16.0 Å². The van der Waals surface area contributed by atoms with E-state index in [4.69, 9.17) is 4.74 Å². The molecule has 1 saturated heterocycles. The third-order valence-electron chi connectivity index (χ3n) is 4.43. The Bertz CT molecular complexity index is 868. The quantitative estimate of drug-likeness (QED) is 0.638. The minimum absolute atomic E-state index is 0.0408. The van der Waals surface area contributed by atoms with Crippen LogP contribution in [0.1, 0.15) is 23.2 Å². The summed E-state index contributed by atoms with van der Waals surface area (Å²) in [5.41, 5.74) is -0.190. The van der Waals surface area contributed by atoms with E-state index < -0.39 is 22.7 Å². The summed E-state index contributed by atoms with van der Waals surface area (Å²) in [7, 11) is 0. The van der Waals surface area contributed by atoms with Gasteiger partial charge in [-0.15, -0.1) is 0 Å². The van der Waals surface area contributed by atoms with Crippen LogP contribution in [0.4, 0.5) is 5.69 Å². The number of aliphatic carboxylic acids is 1. The topological polar surface area (TPSA) is 110 Å². The maximum absolute atomic E-state index is 13.0. The van der Waals surface area contributed by atoms with Crippen molar-refractivity contribution >= 4 is 17.6 Å². The van der Waals surface area contributed by atoms with Gasteiger partial charge in [-0.25, -0.2) is 0 Å². The van der Waals surface area contributed by atoms with Crippen molar-refractivity contribution in [1.82, 2.24) is 4.90 Å². The van der Waals surface area contributed by atoms with Gasteiger partial charge >= 0.3 is 5.97 Å². The predicted octanol–water partition coefficient (Wildman–Crippen LogP) is 3.32. The molecule has 0 aromatic heterocycles. The molecular formula is C19H18N2O6. The normalized spacial score (nSPS) is 16.6. The zero-order valence-corrected chi connectivity index (χ0v) is 14.4. The maximum atomic E-state index is 13.0. The van der Waals surface area contributed by atoms with Gasteiger partial charge in [0, 0.05) is 25.2 Å². The highest BCUT2D eigenvalue weighted by Crippen LogP contribution is 2.31. The fraction of sp³-hybridized carbons (Fsp3) is 0.263. The number of carbonyl (C=O) groups excluding carboxylic acids is 1. The van der Waals surface area contributed by atoms with Crippen LogP contribution in [-0.2, 0) is 4.79 Å². The Morgan fingerprint density at radius 2 is 1.93 bits per heavy atom. The summed E-state index contributed by atoms with van der Waals surface area (Å²) >= 11 is 0. The second-order valence-corrected chi connectivity index (χ2v) is 6.28. The lowest BCUT2D eigenvalue weighted by molar-refractivity contribution is -0.384. The number of para-hydroxylation sites is 1. The van der Waals surface area contributed by atoms with Gasteiger partial charge in [-0.2, -0.15) is 0 Å². The Morgan fingerprint density at radius 1 is 1.19 bits per heavy atom. The van der Waals surface area contributed by atoms with Crippen LogP contribution < -0.4 is 4.74 Å². The number of ether oxygens (including phenoxy) is 1. The van der Waals surface area contributed by atoms with E-state index in [1.807, 2.05) is 6.07 Å². The second-order valence-electron chi connectivity index (χ2n) is 6.28. The summed E-state index contributed by atoms with van der Waals surface area (Å²) in [6, 6.07) is 12.6. The van der Waals surface area contributed by atoms with Gasteiger partial charge in [0.25, 0.3) is 11.6 Å². The highest BCUT2D eigenvalue weighted by Gasteiger charge is 2.30. The predicted molar refractivity (Wildman–Crippen MR) is 95.9 cm³/mol. The number of hydrogen-bond donors (Lipinski definition) is 1. The SMILES string of the molecule is O=C(O)C1CCCN(C(=O)c2cc([N+](=O)[O-])ccc2Oc2ccccc2)C1. The lowest BCUT2D eigenvalue weighted by Gasteiger charge is -2.31. The summed E-state index contributed by atoms with van der Waals surface area (Å²) < 4.78 is 5.74. The Kier molecular flexibility index (Phi) is 5.35. The van der Waals surface area contributed by atoms with Crippen LogP contribution in [0.3, 0.4) is 0 Å². The molecule has 1 heterocycles. The lowest BCUT2D eigenvalue weighted by Crippen LogP contribution is -2.42. The number of amides is 1. The van der Waals surface area contributed by atoms with Gasteiger partial charge in [-0.05, 0) is 31.0 Å². The van der Waals surface area contributed by atoms with Gasteiger partial charge in [-0.3, -0.25) is 19.7 Å². The number of carbonyl (C=O) groups is 2. The number of nitro groups is 1. The molecule has 0 bridgehead atoms. The van der Waals surface area contributed by atoms with Gasteiger partial charge < -0.3 is 14.7 Å². The van der Waals surface area contributed by atoms with Crippen molar-refractivity contribution in [2.75, 3.05) is 13.1 Å². The van der Waals surface area contributed by atoms with Gasteiger partial charge in [0.05, 0.1) is 16.4 Å². The Morgan fingerprint density at radius 3 is 2.59 bits per heavy atom. The molecule has 0 radical (unpaired) electrons. The highest BCUT2D eigenvalue weighted by atomic mass is 16.6. The van der Waals surface area contributed by atoms with E-state index in [1.165, 1.54) is 23.1 Å². The Hall–Kier alpha value is -3.42. The van der Waals surface area contributed by atoms with E-state index in [2.05, 4.69) is 0 Å². The van der Waals surface area contributed by atoms with Crippen molar-refractivity contribution in [3.8, 4) is 11.5 Å². The van der Waals surface area contributed by atoms with Crippen LogP contribution in [0.25, 0.3) is 0 Å². The molecule has 2 aromatic rings. The molecule has 1 N–H and O–H groups in total. The second kappa shape index (κ2) is 7.86. The van der Waals surface area contributed by atoms with Crippen molar-refractivity contribution in [2.24, 2.45) is 5.92 Å². The summed E-state index contributed by atoms with van der Waals surface area (Å²) in [4.78, 5) is 36.2. The van der Waals surface area contributed by atoms with Gasteiger partial charge in [-0.1, -0.05) is 18.2 Å². The number of nitro benzene ring substituents is 1. The number of benzene rings is 2. The minimum atomic E-state index is -0.952. The average Bonchev–Trinajstić information content (AvgIpc) is 2.68. The molecule has 27 heavy (non-hydrogen) atoms. The number of carboxylic acid groups (broad SMARTS) is 1. The molecule has 0 spiro atoms. The van der Waals surface area contributed by atoms with E-state index in [-0.39, 0.29) is 23.5 Å². The number of carboxylic acids is 1. The van der Waals surface area contributed by atoms with E-state index in [9.17, 15) is 24.8 Å². The van der Waals surface area contributed by atoms with Crippen LogP contribution in [-0.4, -0.2) is 39.9 Å². The fourth-order valence-corrected chi connectivity index (χ4v) is 3.04. The number of likely N-dealkylation sites (tertiary alicyclic amines) is 1. The number of rotatable bonds is 5. The molecule has 8 heteroatoms. The smallest absolute Gasteiger partial charge is 0.308 e. The first kappa shape index (κ1) is 18.4. The van der Waals surface area contributed by atoms with E-state index in [1.54, 1.807) is 24.3 Å². The molecule has 0 saturated carbocycles. The minimum Gasteiger partial charge on any atom is -0.481 e. The molecule has 1 unspecified atom stereocenters. The van der Waals surface area contributed by atoms with Crippen LogP contribution >= 0.6 is 0 Å². The van der Waals surface area contributed by atoms with Crippen LogP contribution in [0.5, 0.6) is 11.5 Å². The van der Waals surface area contributed by atoms with Crippen molar-refractivity contribution < 1.29 is 24.4 Å². The standard InChI is InChI=1S/C19H18N2O6/c22-18(20-10-4-5-13(12-20)19(23)24)16-11-14(21(25)26)8-9-17(16)27-15-6-2-1-3-7-15/h1-3,6-9,11,13H,4-5,10,12H2,(H,23,24). The number of nitrogens with zero attached hydrogens (tertiary/aromatic N) is 2.